The third-order valence-corrected chi connectivity index (χ3v) is 6.78. The first-order chi connectivity index (χ1) is 9.19. The van der Waals surface area contributed by atoms with Gasteiger partial charge in [0.05, 0.1) is 12.1 Å². The van der Waals surface area contributed by atoms with Crippen molar-refractivity contribution in [3.05, 3.63) is 24.3 Å². The Balaban J connectivity index is 2.11. The molecular weight excluding hydrogens is 337 g/mol. The second-order valence-corrected chi connectivity index (χ2v) is 7.95. The largest absolute Gasteiger partial charge is 0.756 e. The summed E-state index contributed by atoms with van der Waals surface area (Å²) < 4.78 is 39.0. The summed E-state index contributed by atoms with van der Waals surface area (Å²) in [5.41, 5.74) is 0. The van der Waals surface area contributed by atoms with Crippen LogP contribution in [0.15, 0.2) is 24.3 Å². The van der Waals surface area contributed by atoms with Crippen LogP contribution in [-0.2, 0) is 31.4 Å². The highest BCUT2D eigenvalue weighted by molar-refractivity contribution is 7.71. The molecule has 20 heavy (non-hydrogen) atoms. The van der Waals surface area contributed by atoms with Gasteiger partial charge in [0.15, 0.2) is 0 Å². The number of hydrogen-bond acceptors (Lipinski definition) is 10. The number of allylic oxidation sites excluding steroid dienone is 2. The van der Waals surface area contributed by atoms with Crippen molar-refractivity contribution in [1.82, 2.24) is 0 Å². The highest BCUT2D eigenvalue weighted by Crippen LogP contribution is 2.73. The SMILES string of the molecule is O=C([O-])C1C=CC=CC1OP1OP(=O)([O-])OP(=O)([O-])O1. The summed E-state index contributed by atoms with van der Waals surface area (Å²) in [6.07, 6.45) is 4.12. The van der Waals surface area contributed by atoms with Gasteiger partial charge in [0.1, 0.15) is 0 Å². The maximum absolute atomic E-state index is 11.0. The van der Waals surface area contributed by atoms with Crippen molar-refractivity contribution in [1.29, 1.82) is 0 Å². The van der Waals surface area contributed by atoms with Gasteiger partial charge in [-0.1, -0.05) is 24.3 Å². The summed E-state index contributed by atoms with van der Waals surface area (Å²) in [5, 5.41) is 10.9. The van der Waals surface area contributed by atoms with E-state index in [0.29, 0.717) is 0 Å². The lowest BCUT2D eigenvalue weighted by Gasteiger charge is -2.39. The number of carbonyl (C=O) groups is 1. The second-order valence-electron chi connectivity index (χ2n) is 3.55. The zero-order valence-corrected chi connectivity index (χ0v) is 12.1. The first kappa shape index (κ1) is 16.0. The normalized spacial score (nSPS) is 44.4. The zero-order chi connectivity index (χ0) is 15.0. The van der Waals surface area contributed by atoms with E-state index < -0.39 is 42.2 Å². The van der Waals surface area contributed by atoms with E-state index in [1.165, 1.54) is 24.3 Å². The van der Waals surface area contributed by atoms with Gasteiger partial charge in [-0.25, -0.2) is 12.9 Å². The Morgan fingerprint density at radius 3 is 2.25 bits per heavy atom. The number of hydrogen-bond donors (Lipinski definition) is 0. The maximum Gasteiger partial charge on any atom is 0.347 e. The van der Waals surface area contributed by atoms with Gasteiger partial charge in [-0.3, -0.25) is 9.13 Å². The molecule has 0 N–H and O–H groups in total. The molecule has 10 nitrogen and oxygen atoms in total. The molecule has 1 heterocycles. The molecule has 0 aromatic rings. The molecule has 0 aromatic heterocycles. The van der Waals surface area contributed by atoms with Crippen molar-refractivity contribution in [3.8, 4) is 0 Å². The lowest BCUT2D eigenvalue weighted by molar-refractivity contribution is -0.311. The number of phosphoric acid groups is 2. The highest BCUT2D eigenvalue weighted by atomic mass is 31.3. The first-order valence-electron chi connectivity index (χ1n) is 4.94. The van der Waals surface area contributed by atoms with Crippen LogP contribution in [0.4, 0.5) is 0 Å². The van der Waals surface area contributed by atoms with Gasteiger partial charge in [0.2, 0.25) is 0 Å². The average Bonchev–Trinajstić information content (AvgIpc) is 2.24. The Morgan fingerprint density at radius 1 is 1.15 bits per heavy atom. The van der Waals surface area contributed by atoms with Gasteiger partial charge in [-0.15, -0.1) is 0 Å². The molecule has 0 bridgehead atoms. The molecule has 2 rings (SSSR count). The van der Waals surface area contributed by atoms with Crippen molar-refractivity contribution in [2.45, 2.75) is 6.10 Å². The standard InChI is InChI=1S/C7H9O10P3/c8-7(9)5-3-1-2-4-6(5)14-18-15-19(10,11)17-20(12,13)16-18/h1-6H,(H,8,9)(H,10,11)(H,12,13)/p-3. The molecule has 2 aliphatic rings. The van der Waals surface area contributed by atoms with Crippen molar-refractivity contribution in [2.75, 3.05) is 0 Å². The van der Waals surface area contributed by atoms with E-state index in [4.69, 9.17) is 4.52 Å². The lowest BCUT2D eigenvalue weighted by atomic mass is 9.98. The summed E-state index contributed by atoms with van der Waals surface area (Å²) in [7, 11) is -13.1. The smallest absolute Gasteiger partial charge is 0.347 e. The summed E-state index contributed by atoms with van der Waals surface area (Å²) >= 11 is 0. The molecule has 1 fully saturated rings. The van der Waals surface area contributed by atoms with E-state index in [9.17, 15) is 28.8 Å². The van der Waals surface area contributed by atoms with E-state index >= 15 is 0 Å². The molecule has 4 unspecified atom stereocenters. The minimum atomic E-state index is -5.13. The monoisotopic (exact) mass is 343 g/mol. The van der Waals surface area contributed by atoms with Gasteiger partial charge in [-0.2, -0.15) is 0 Å². The van der Waals surface area contributed by atoms with E-state index in [2.05, 4.69) is 12.9 Å². The van der Waals surface area contributed by atoms with Gasteiger partial charge < -0.3 is 24.2 Å². The molecule has 1 aliphatic carbocycles. The van der Waals surface area contributed by atoms with Crippen LogP contribution < -0.4 is 14.9 Å². The summed E-state index contributed by atoms with van der Waals surface area (Å²) in [5.74, 6) is -2.73. The van der Waals surface area contributed by atoms with Gasteiger partial charge >= 0.3 is 8.60 Å². The van der Waals surface area contributed by atoms with Crippen LogP contribution in [0.1, 0.15) is 0 Å². The van der Waals surface area contributed by atoms with Crippen LogP contribution in [0.3, 0.4) is 0 Å². The average molecular weight is 343 g/mol. The van der Waals surface area contributed by atoms with E-state index in [1.807, 2.05) is 0 Å². The summed E-state index contributed by atoms with van der Waals surface area (Å²) in [6, 6.07) is 0. The van der Waals surface area contributed by atoms with E-state index in [1.54, 1.807) is 0 Å². The molecule has 0 spiro atoms. The number of carbonyl (C=O) groups excluding carboxylic acids is 1. The fourth-order valence-corrected chi connectivity index (χ4v) is 5.53. The Hall–Kier alpha value is -0.400. The predicted molar refractivity (Wildman–Crippen MR) is 57.0 cm³/mol. The van der Waals surface area contributed by atoms with Crippen molar-refractivity contribution >= 4 is 30.2 Å². The molecule has 1 saturated heterocycles. The molecule has 0 amide bonds. The lowest BCUT2D eigenvalue weighted by Crippen LogP contribution is -2.38. The Kier molecular flexibility index (Phi) is 4.61. The van der Waals surface area contributed by atoms with Crippen LogP contribution in [0.25, 0.3) is 0 Å². The topological polar surface area (TPSA) is 157 Å². The molecule has 1 aliphatic heterocycles. The number of carboxylic acid groups (broad SMARTS) is 1. The zero-order valence-electron chi connectivity index (χ0n) is 9.39. The predicted octanol–water partition coefficient (Wildman–Crippen LogP) is -0.909. The van der Waals surface area contributed by atoms with Crippen LogP contribution in [0.2, 0.25) is 0 Å². The third kappa shape index (κ3) is 4.05. The quantitative estimate of drug-likeness (QED) is 0.587. The Morgan fingerprint density at radius 2 is 1.70 bits per heavy atom. The maximum atomic E-state index is 11.0. The van der Waals surface area contributed by atoms with E-state index in [-0.39, 0.29) is 0 Å². The van der Waals surface area contributed by atoms with Crippen LogP contribution in [-0.4, -0.2) is 12.1 Å². The fraction of sp³-hybridized carbons (Fsp3) is 0.286. The molecule has 0 saturated carbocycles. The second kappa shape index (κ2) is 5.77. The summed E-state index contributed by atoms with van der Waals surface area (Å²) in [6.45, 7) is 0. The molecule has 13 heteroatoms. The first-order valence-corrected chi connectivity index (χ1v) is 8.96. The van der Waals surface area contributed by atoms with Crippen LogP contribution in [0.5, 0.6) is 0 Å². The Bertz CT molecular complexity index is 531. The minimum Gasteiger partial charge on any atom is -0.756 e. The van der Waals surface area contributed by atoms with E-state index in [0.717, 1.165) is 0 Å². The van der Waals surface area contributed by atoms with Crippen molar-refractivity contribution < 1.29 is 46.3 Å². The third-order valence-electron chi connectivity index (χ3n) is 2.10. The van der Waals surface area contributed by atoms with Gasteiger partial charge in [-0.05, 0) is 0 Å². The Labute approximate surface area is 113 Å². The molecule has 112 valence electrons. The summed E-state index contributed by atoms with van der Waals surface area (Å²) in [4.78, 5) is 32.9. The van der Waals surface area contributed by atoms with Crippen LogP contribution >= 0.6 is 24.2 Å². The number of aliphatic carboxylic acids is 1. The highest BCUT2D eigenvalue weighted by Gasteiger charge is 2.38. The molecule has 4 atom stereocenters. The van der Waals surface area contributed by atoms with Crippen LogP contribution in [0, 0.1) is 5.92 Å². The fourth-order valence-electron chi connectivity index (χ4n) is 1.37. The molecule has 0 radical (unpaired) electrons. The number of carboxylic acids is 1. The molecule has 0 aromatic carbocycles. The number of rotatable bonds is 3. The van der Waals surface area contributed by atoms with Gasteiger partial charge in [0.25, 0.3) is 15.6 Å². The van der Waals surface area contributed by atoms with Gasteiger partial charge in [0, 0.05) is 5.92 Å². The van der Waals surface area contributed by atoms with Crippen molar-refractivity contribution in [2.24, 2.45) is 5.92 Å². The minimum absolute atomic E-state index is 1.20. The van der Waals surface area contributed by atoms with Crippen molar-refractivity contribution in [3.63, 3.8) is 0 Å². The molecular formula is C7H6O10P3-3.